The Morgan fingerprint density at radius 3 is 2.38 bits per heavy atom. The van der Waals surface area contributed by atoms with E-state index in [2.05, 4.69) is 44.6 Å². The van der Waals surface area contributed by atoms with Gasteiger partial charge in [0.2, 0.25) is 0 Å². The molecule has 1 N–H and O–H groups in total. The Morgan fingerprint density at radius 1 is 1.46 bits per heavy atom. The predicted molar refractivity (Wildman–Crippen MR) is 60.0 cm³/mol. The molecule has 0 atom stereocenters. The van der Waals surface area contributed by atoms with Crippen LogP contribution in [0.5, 0.6) is 0 Å². The van der Waals surface area contributed by atoms with E-state index in [1.54, 1.807) is 0 Å². The van der Waals surface area contributed by atoms with Gasteiger partial charge in [0.05, 0.1) is 0 Å². The number of hydrogen-bond donors (Lipinski definition) is 1. The van der Waals surface area contributed by atoms with Gasteiger partial charge in [0.1, 0.15) is 0 Å². The first-order chi connectivity index (χ1) is 5.87. The summed E-state index contributed by atoms with van der Waals surface area (Å²) in [4.78, 5) is 2.32. The maximum atomic E-state index is 3.91. The SMILES string of the molecule is C=C(C)CN(C)CC(C)(C)CNC. The van der Waals surface area contributed by atoms with E-state index in [1.165, 1.54) is 5.57 Å². The molecule has 0 aromatic rings. The Labute approximate surface area is 83.0 Å². The van der Waals surface area contributed by atoms with Crippen molar-refractivity contribution in [2.75, 3.05) is 33.7 Å². The second kappa shape index (κ2) is 5.40. The fourth-order valence-electron chi connectivity index (χ4n) is 1.78. The molecule has 0 bridgehead atoms. The average Bonchev–Trinajstić information content (AvgIpc) is 1.81. The van der Waals surface area contributed by atoms with Gasteiger partial charge in [0.25, 0.3) is 0 Å². The van der Waals surface area contributed by atoms with E-state index in [0.717, 1.165) is 19.6 Å². The zero-order chi connectivity index (χ0) is 10.5. The lowest BCUT2D eigenvalue weighted by Gasteiger charge is -2.30. The van der Waals surface area contributed by atoms with E-state index in [-0.39, 0.29) is 0 Å². The van der Waals surface area contributed by atoms with Crippen molar-refractivity contribution in [1.29, 1.82) is 0 Å². The van der Waals surface area contributed by atoms with Crippen LogP contribution in [-0.4, -0.2) is 38.6 Å². The molecule has 0 heterocycles. The summed E-state index contributed by atoms with van der Waals surface area (Å²) in [5.41, 5.74) is 1.56. The molecule has 0 aliphatic heterocycles. The highest BCUT2D eigenvalue weighted by molar-refractivity contribution is 4.92. The highest BCUT2D eigenvalue weighted by atomic mass is 15.1. The van der Waals surface area contributed by atoms with Crippen molar-refractivity contribution < 1.29 is 0 Å². The van der Waals surface area contributed by atoms with Crippen molar-refractivity contribution >= 4 is 0 Å². The van der Waals surface area contributed by atoms with E-state index in [1.807, 2.05) is 7.05 Å². The number of hydrogen-bond acceptors (Lipinski definition) is 2. The van der Waals surface area contributed by atoms with Gasteiger partial charge < -0.3 is 10.2 Å². The summed E-state index contributed by atoms with van der Waals surface area (Å²) < 4.78 is 0. The van der Waals surface area contributed by atoms with Gasteiger partial charge in [-0.05, 0) is 26.4 Å². The van der Waals surface area contributed by atoms with Gasteiger partial charge in [-0.15, -0.1) is 0 Å². The lowest BCUT2D eigenvalue weighted by atomic mass is 9.93. The van der Waals surface area contributed by atoms with Gasteiger partial charge in [-0.3, -0.25) is 0 Å². The highest BCUT2D eigenvalue weighted by Gasteiger charge is 2.18. The van der Waals surface area contributed by atoms with Crippen molar-refractivity contribution in [2.24, 2.45) is 5.41 Å². The highest BCUT2D eigenvalue weighted by Crippen LogP contribution is 2.14. The van der Waals surface area contributed by atoms with E-state index < -0.39 is 0 Å². The Hall–Kier alpha value is -0.340. The summed E-state index contributed by atoms with van der Waals surface area (Å²) >= 11 is 0. The maximum absolute atomic E-state index is 3.91. The van der Waals surface area contributed by atoms with Crippen LogP contribution < -0.4 is 5.32 Å². The fourth-order valence-corrected chi connectivity index (χ4v) is 1.78. The summed E-state index contributed by atoms with van der Waals surface area (Å²) in [5.74, 6) is 0. The van der Waals surface area contributed by atoms with Crippen LogP contribution in [0.1, 0.15) is 20.8 Å². The van der Waals surface area contributed by atoms with Gasteiger partial charge >= 0.3 is 0 Å². The van der Waals surface area contributed by atoms with E-state index in [9.17, 15) is 0 Å². The molecule has 0 radical (unpaired) electrons. The second-order valence-electron chi connectivity index (χ2n) is 4.82. The van der Waals surface area contributed by atoms with E-state index in [4.69, 9.17) is 0 Å². The van der Waals surface area contributed by atoms with Gasteiger partial charge in [0, 0.05) is 19.6 Å². The Kier molecular flexibility index (Phi) is 5.26. The molecule has 0 aromatic carbocycles. The zero-order valence-electron chi connectivity index (χ0n) is 9.78. The molecule has 0 rings (SSSR count). The zero-order valence-corrected chi connectivity index (χ0v) is 9.78. The minimum absolute atomic E-state index is 0.332. The van der Waals surface area contributed by atoms with Crippen LogP contribution in [0.15, 0.2) is 12.2 Å². The summed E-state index contributed by atoms with van der Waals surface area (Å²) in [6, 6.07) is 0. The van der Waals surface area contributed by atoms with Crippen molar-refractivity contribution in [2.45, 2.75) is 20.8 Å². The summed E-state index contributed by atoms with van der Waals surface area (Å²) in [6.07, 6.45) is 0. The molecule has 0 amide bonds. The van der Waals surface area contributed by atoms with Crippen molar-refractivity contribution in [3.63, 3.8) is 0 Å². The molecule has 2 heteroatoms. The Morgan fingerprint density at radius 2 is 2.00 bits per heavy atom. The molecule has 2 nitrogen and oxygen atoms in total. The number of nitrogens with one attached hydrogen (secondary N) is 1. The number of nitrogens with zero attached hydrogens (tertiary/aromatic N) is 1. The Balaban J connectivity index is 3.88. The number of likely N-dealkylation sites (N-methyl/N-ethyl adjacent to an activating group) is 1. The lowest BCUT2D eigenvalue weighted by molar-refractivity contribution is 0.219. The van der Waals surface area contributed by atoms with Gasteiger partial charge in [0.15, 0.2) is 0 Å². The minimum atomic E-state index is 0.332. The monoisotopic (exact) mass is 184 g/mol. The third-order valence-corrected chi connectivity index (χ3v) is 1.89. The third-order valence-electron chi connectivity index (χ3n) is 1.89. The first-order valence-electron chi connectivity index (χ1n) is 4.85. The molecular weight excluding hydrogens is 160 g/mol. The Bertz CT molecular complexity index is 161. The normalized spacial score (nSPS) is 12.2. The van der Waals surface area contributed by atoms with Crippen LogP contribution >= 0.6 is 0 Å². The standard InChI is InChI=1S/C11H24N2/c1-10(2)7-13(6)9-11(3,4)8-12-5/h12H,1,7-9H2,2-6H3. The molecule has 78 valence electrons. The topological polar surface area (TPSA) is 15.3 Å². The quantitative estimate of drug-likeness (QED) is 0.633. The van der Waals surface area contributed by atoms with Gasteiger partial charge in [-0.1, -0.05) is 26.0 Å². The molecule has 0 spiro atoms. The summed E-state index contributed by atoms with van der Waals surface area (Å²) in [5, 5.41) is 3.22. The van der Waals surface area contributed by atoms with Gasteiger partial charge in [-0.2, -0.15) is 0 Å². The number of rotatable bonds is 6. The minimum Gasteiger partial charge on any atom is -0.319 e. The predicted octanol–water partition coefficient (Wildman–Crippen LogP) is 1.74. The van der Waals surface area contributed by atoms with Crippen LogP contribution in [0, 0.1) is 5.41 Å². The smallest absolute Gasteiger partial charge is 0.0184 e. The molecule has 13 heavy (non-hydrogen) atoms. The second-order valence-corrected chi connectivity index (χ2v) is 4.82. The molecule has 0 unspecified atom stereocenters. The fraction of sp³-hybridized carbons (Fsp3) is 0.818. The van der Waals surface area contributed by atoms with Crippen LogP contribution in [0.4, 0.5) is 0 Å². The molecule has 0 aliphatic carbocycles. The van der Waals surface area contributed by atoms with Crippen LogP contribution in [0.25, 0.3) is 0 Å². The van der Waals surface area contributed by atoms with Crippen LogP contribution in [-0.2, 0) is 0 Å². The van der Waals surface area contributed by atoms with Crippen LogP contribution in [0.2, 0.25) is 0 Å². The molecule has 0 fully saturated rings. The summed E-state index contributed by atoms with van der Waals surface area (Å²) in [7, 11) is 4.15. The molecular formula is C11H24N2. The van der Waals surface area contributed by atoms with Crippen molar-refractivity contribution in [3.8, 4) is 0 Å². The first kappa shape index (κ1) is 12.7. The largest absolute Gasteiger partial charge is 0.319 e. The average molecular weight is 184 g/mol. The maximum Gasteiger partial charge on any atom is 0.0184 e. The van der Waals surface area contributed by atoms with Crippen molar-refractivity contribution in [1.82, 2.24) is 10.2 Å². The third kappa shape index (κ3) is 6.79. The molecule has 0 saturated carbocycles. The van der Waals surface area contributed by atoms with Gasteiger partial charge in [-0.25, -0.2) is 0 Å². The summed E-state index contributed by atoms with van der Waals surface area (Å²) in [6.45, 7) is 13.7. The molecule has 0 aliphatic rings. The van der Waals surface area contributed by atoms with Crippen LogP contribution in [0.3, 0.4) is 0 Å². The van der Waals surface area contributed by atoms with Crippen molar-refractivity contribution in [3.05, 3.63) is 12.2 Å². The molecule has 0 aromatic heterocycles. The first-order valence-corrected chi connectivity index (χ1v) is 4.85. The van der Waals surface area contributed by atoms with E-state index in [0.29, 0.717) is 5.41 Å². The van der Waals surface area contributed by atoms with E-state index >= 15 is 0 Å². The molecule has 0 saturated heterocycles. The lowest BCUT2D eigenvalue weighted by Crippen LogP contribution is -2.38.